The predicted octanol–water partition coefficient (Wildman–Crippen LogP) is 5.63. The second-order valence-electron chi connectivity index (χ2n) is 7.21. The zero-order valence-corrected chi connectivity index (χ0v) is 16.9. The molecule has 0 atom stereocenters. The van der Waals surface area contributed by atoms with Crippen LogP contribution in [-0.4, -0.2) is 29.2 Å². The highest BCUT2D eigenvalue weighted by Gasteiger charge is 2.09. The Labute approximate surface area is 170 Å². The Morgan fingerprint density at radius 2 is 1.82 bits per heavy atom. The SMILES string of the molecule is C(=NNc1nc(-c2ccccc2)cs1)c1cccc(CN2CCCCCC2)c1. The number of likely N-dealkylation sites (tertiary alicyclic amines) is 1. The number of rotatable bonds is 6. The summed E-state index contributed by atoms with van der Waals surface area (Å²) in [6, 6.07) is 18.9. The van der Waals surface area contributed by atoms with Crippen LogP contribution in [0.15, 0.2) is 65.1 Å². The van der Waals surface area contributed by atoms with Crippen molar-refractivity contribution in [3.05, 3.63) is 71.1 Å². The molecular weight excluding hydrogens is 364 g/mol. The summed E-state index contributed by atoms with van der Waals surface area (Å²) >= 11 is 1.57. The first-order valence-electron chi connectivity index (χ1n) is 9.98. The summed E-state index contributed by atoms with van der Waals surface area (Å²) in [5.41, 5.74) is 7.62. The fraction of sp³-hybridized carbons (Fsp3) is 0.304. The van der Waals surface area contributed by atoms with E-state index in [1.165, 1.54) is 44.3 Å². The van der Waals surface area contributed by atoms with Crippen molar-refractivity contribution >= 4 is 22.7 Å². The Morgan fingerprint density at radius 1 is 1.00 bits per heavy atom. The van der Waals surface area contributed by atoms with Crippen LogP contribution < -0.4 is 5.43 Å². The van der Waals surface area contributed by atoms with Crippen molar-refractivity contribution in [2.45, 2.75) is 32.2 Å². The molecule has 2 heterocycles. The van der Waals surface area contributed by atoms with Crippen LogP contribution in [0.2, 0.25) is 0 Å². The largest absolute Gasteiger partial charge is 0.299 e. The van der Waals surface area contributed by atoms with Gasteiger partial charge in [0.15, 0.2) is 0 Å². The molecule has 0 saturated carbocycles. The highest BCUT2D eigenvalue weighted by Crippen LogP contribution is 2.24. The molecule has 28 heavy (non-hydrogen) atoms. The third kappa shape index (κ3) is 5.27. The summed E-state index contributed by atoms with van der Waals surface area (Å²) in [5.74, 6) is 0. The van der Waals surface area contributed by atoms with E-state index in [-0.39, 0.29) is 0 Å². The number of nitrogens with zero attached hydrogens (tertiary/aromatic N) is 3. The maximum Gasteiger partial charge on any atom is 0.203 e. The molecule has 0 spiro atoms. The van der Waals surface area contributed by atoms with Gasteiger partial charge >= 0.3 is 0 Å². The zero-order chi connectivity index (χ0) is 19.0. The molecular formula is C23H26N4S. The highest BCUT2D eigenvalue weighted by atomic mass is 32.1. The lowest BCUT2D eigenvalue weighted by atomic mass is 10.1. The van der Waals surface area contributed by atoms with Gasteiger partial charge in [-0.05, 0) is 43.1 Å². The molecule has 2 aromatic carbocycles. The average molecular weight is 391 g/mol. The monoisotopic (exact) mass is 390 g/mol. The predicted molar refractivity (Wildman–Crippen MR) is 119 cm³/mol. The normalized spacial score (nSPS) is 15.6. The molecule has 1 N–H and O–H groups in total. The number of benzene rings is 2. The van der Waals surface area contributed by atoms with Crippen LogP contribution in [0.3, 0.4) is 0 Å². The van der Waals surface area contributed by atoms with Gasteiger partial charge in [-0.1, -0.05) is 61.4 Å². The van der Waals surface area contributed by atoms with E-state index in [4.69, 9.17) is 0 Å². The first kappa shape index (κ1) is 18.8. The summed E-state index contributed by atoms with van der Waals surface area (Å²) in [5, 5.41) is 7.23. The highest BCUT2D eigenvalue weighted by molar-refractivity contribution is 7.14. The molecule has 1 aliphatic rings. The molecule has 3 aromatic rings. The lowest BCUT2D eigenvalue weighted by Crippen LogP contribution is -2.23. The zero-order valence-electron chi connectivity index (χ0n) is 16.1. The Kier molecular flexibility index (Phi) is 6.48. The topological polar surface area (TPSA) is 40.5 Å². The molecule has 1 aliphatic heterocycles. The quantitative estimate of drug-likeness (QED) is 0.438. The van der Waals surface area contributed by atoms with E-state index in [0.29, 0.717) is 0 Å². The van der Waals surface area contributed by atoms with Gasteiger partial charge < -0.3 is 0 Å². The third-order valence-electron chi connectivity index (χ3n) is 5.00. The molecule has 144 valence electrons. The van der Waals surface area contributed by atoms with Gasteiger partial charge in [-0.15, -0.1) is 11.3 Å². The van der Waals surface area contributed by atoms with E-state index in [2.05, 4.69) is 62.2 Å². The van der Waals surface area contributed by atoms with Gasteiger partial charge in [-0.3, -0.25) is 10.3 Å². The summed E-state index contributed by atoms with van der Waals surface area (Å²) in [6.07, 6.45) is 7.26. The van der Waals surface area contributed by atoms with Crippen molar-refractivity contribution in [1.29, 1.82) is 0 Å². The fourth-order valence-electron chi connectivity index (χ4n) is 3.55. The number of aromatic nitrogens is 1. The number of hydrazone groups is 1. The van der Waals surface area contributed by atoms with Crippen LogP contribution in [0.1, 0.15) is 36.8 Å². The van der Waals surface area contributed by atoms with Crippen molar-refractivity contribution in [3.63, 3.8) is 0 Å². The summed E-state index contributed by atoms with van der Waals surface area (Å²) in [6.45, 7) is 3.46. The van der Waals surface area contributed by atoms with Crippen molar-refractivity contribution in [2.75, 3.05) is 18.5 Å². The van der Waals surface area contributed by atoms with Crippen LogP contribution in [0.5, 0.6) is 0 Å². The molecule has 4 nitrogen and oxygen atoms in total. The Bertz CT molecular complexity index is 896. The second-order valence-corrected chi connectivity index (χ2v) is 8.07. The van der Waals surface area contributed by atoms with E-state index < -0.39 is 0 Å². The smallest absolute Gasteiger partial charge is 0.203 e. The van der Waals surface area contributed by atoms with Gasteiger partial charge in [0.05, 0.1) is 11.9 Å². The van der Waals surface area contributed by atoms with E-state index in [0.717, 1.165) is 28.5 Å². The average Bonchev–Trinajstić information content (AvgIpc) is 3.06. The number of anilines is 1. The van der Waals surface area contributed by atoms with E-state index in [1.54, 1.807) is 11.3 Å². The number of hydrogen-bond donors (Lipinski definition) is 1. The lowest BCUT2D eigenvalue weighted by Gasteiger charge is -2.19. The molecule has 1 aromatic heterocycles. The van der Waals surface area contributed by atoms with Gasteiger partial charge in [-0.2, -0.15) is 5.10 Å². The molecule has 1 fully saturated rings. The van der Waals surface area contributed by atoms with Gasteiger partial charge in [-0.25, -0.2) is 4.98 Å². The Balaban J connectivity index is 1.35. The van der Waals surface area contributed by atoms with Crippen molar-refractivity contribution in [1.82, 2.24) is 9.88 Å². The summed E-state index contributed by atoms with van der Waals surface area (Å²) < 4.78 is 0. The van der Waals surface area contributed by atoms with Crippen LogP contribution in [0, 0.1) is 0 Å². The van der Waals surface area contributed by atoms with Crippen LogP contribution in [0.4, 0.5) is 5.13 Å². The van der Waals surface area contributed by atoms with Gasteiger partial charge in [0, 0.05) is 17.5 Å². The second kappa shape index (κ2) is 9.62. The van der Waals surface area contributed by atoms with E-state index in [9.17, 15) is 0 Å². The van der Waals surface area contributed by atoms with Gasteiger partial charge in [0.25, 0.3) is 0 Å². The maximum absolute atomic E-state index is 4.60. The fourth-order valence-corrected chi connectivity index (χ4v) is 4.22. The number of hydrogen-bond acceptors (Lipinski definition) is 5. The molecule has 0 radical (unpaired) electrons. The minimum atomic E-state index is 0.802. The van der Waals surface area contributed by atoms with Gasteiger partial charge in [0.1, 0.15) is 0 Å². The molecule has 4 rings (SSSR count). The van der Waals surface area contributed by atoms with Crippen LogP contribution >= 0.6 is 11.3 Å². The minimum Gasteiger partial charge on any atom is -0.299 e. The standard InChI is InChI=1S/C23H26N4S/c1-2-7-14-27(13-6-1)17-20-10-8-9-19(15-20)16-24-26-23-25-22(18-28-23)21-11-4-3-5-12-21/h3-5,8-12,15-16,18H,1-2,6-7,13-14,17H2,(H,25,26). The maximum atomic E-state index is 4.60. The minimum absolute atomic E-state index is 0.802. The Morgan fingerprint density at radius 3 is 2.64 bits per heavy atom. The van der Waals surface area contributed by atoms with Crippen molar-refractivity contribution in [3.8, 4) is 11.3 Å². The first-order valence-corrected chi connectivity index (χ1v) is 10.9. The van der Waals surface area contributed by atoms with E-state index in [1.807, 2.05) is 24.4 Å². The first-order chi connectivity index (χ1) is 13.9. The number of nitrogens with one attached hydrogen (secondary N) is 1. The number of thiazole rings is 1. The Hall–Kier alpha value is -2.50. The lowest BCUT2D eigenvalue weighted by molar-refractivity contribution is 0.277. The van der Waals surface area contributed by atoms with Crippen LogP contribution in [0.25, 0.3) is 11.3 Å². The van der Waals surface area contributed by atoms with Crippen molar-refractivity contribution in [2.24, 2.45) is 5.10 Å². The molecule has 0 amide bonds. The van der Waals surface area contributed by atoms with Crippen LogP contribution in [-0.2, 0) is 6.54 Å². The van der Waals surface area contributed by atoms with Gasteiger partial charge in [0.2, 0.25) is 5.13 Å². The molecule has 0 bridgehead atoms. The third-order valence-corrected chi connectivity index (χ3v) is 5.75. The summed E-state index contributed by atoms with van der Waals surface area (Å²) in [4.78, 5) is 7.17. The molecule has 0 unspecified atom stereocenters. The molecule has 0 aliphatic carbocycles. The summed E-state index contributed by atoms with van der Waals surface area (Å²) in [7, 11) is 0. The van der Waals surface area contributed by atoms with E-state index >= 15 is 0 Å². The van der Waals surface area contributed by atoms with Crippen molar-refractivity contribution < 1.29 is 0 Å². The molecule has 5 heteroatoms. The molecule has 1 saturated heterocycles.